The molecule has 0 radical (unpaired) electrons. The van der Waals surface area contributed by atoms with E-state index < -0.39 is 11.5 Å². The Morgan fingerprint density at radius 3 is 2.65 bits per heavy atom. The van der Waals surface area contributed by atoms with E-state index in [2.05, 4.69) is 5.32 Å². The first kappa shape index (κ1) is 12.9. The summed E-state index contributed by atoms with van der Waals surface area (Å²) in [4.78, 5) is 11.7. The topological polar surface area (TPSA) is 58.6 Å². The fourth-order valence-corrected chi connectivity index (χ4v) is 2.91. The second-order valence-electron chi connectivity index (χ2n) is 5.17. The average Bonchev–Trinajstić information content (AvgIpc) is 2.97. The molecule has 0 unspecified atom stereocenters. The Labute approximate surface area is 117 Å². The van der Waals surface area contributed by atoms with Gasteiger partial charge in [-0.15, -0.1) is 0 Å². The summed E-state index contributed by atoms with van der Waals surface area (Å²) >= 11 is 0. The molecule has 1 saturated heterocycles. The molecule has 1 atom stereocenters. The van der Waals surface area contributed by atoms with Crippen molar-refractivity contribution in [3.05, 3.63) is 42.0 Å². The molecule has 0 spiro atoms. The number of fused-ring (bicyclic) bond motifs is 1. The van der Waals surface area contributed by atoms with E-state index in [1.165, 1.54) is 0 Å². The van der Waals surface area contributed by atoms with Gasteiger partial charge < -0.3 is 9.84 Å². The van der Waals surface area contributed by atoms with E-state index in [0.717, 1.165) is 35.1 Å². The van der Waals surface area contributed by atoms with Gasteiger partial charge in [-0.2, -0.15) is 0 Å². The van der Waals surface area contributed by atoms with Crippen LogP contribution in [0.1, 0.15) is 18.4 Å². The molecule has 0 aliphatic carbocycles. The highest BCUT2D eigenvalue weighted by molar-refractivity contribution is 5.88. The molecule has 1 aliphatic heterocycles. The van der Waals surface area contributed by atoms with Gasteiger partial charge in [0.1, 0.15) is 11.3 Å². The van der Waals surface area contributed by atoms with Crippen LogP contribution in [-0.4, -0.2) is 24.7 Å². The van der Waals surface area contributed by atoms with E-state index in [4.69, 9.17) is 4.74 Å². The molecule has 104 valence electrons. The van der Waals surface area contributed by atoms with E-state index >= 15 is 0 Å². The number of carboxylic acids is 1. The lowest BCUT2D eigenvalue weighted by atomic mass is 9.87. The van der Waals surface area contributed by atoms with Crippen LogP contribution in [0, 0.1) is 0 Å². The monoisotopic (exact) mass is 271 g/mol. The van der Waals surface area contributed by atoms with Crippen LogP contribution in [-0.2, 0) is 10.3 Å². The Kier molecular flexibility index (Phi) is 3.10. The Morgan fingerprint density at radius 1 is 1.25 bits per heavy atom. The number of hydrogen-bond donors (Lipinski definition) is 2. The van der Waals surface area contributed by atoms with Gasteiger partial charge >= 0.3 is 5.97 Å². The number of carbonyl (C=O) groups is 1. The molecule has 0 bridgehead atoms. The normalized spacial score (nSPS) is 22.1. The van der Waals surface area contributed by atoms with Crippen LogP contribution in [0.15, 0.2) is 36.4 Å². The molecule has 1 aliphatic rings. The molecule has 0 aromatic heterocycles. The highest BCUT2D eigenvalue weighted by Crippen LogP contribution is 2.33. The van der Waals surface area contributed by atoms with E-state index in [1.807, 2.05) is 36.4 Å². The summed E-state index contributed by atoms with van der Waals surface area (Å²) in [7, 11) is 1.64. The Balaban J connectivity index is 2.10. The first-order valence-corrected chi connectivity index (χ1v) is 6.72. The summed E-state index contributed by atoms with van der Waals surface area (Å²) in [6.45, 7) is 0.743. The van der Waals surface area contributed by atoms with Gasteiger partial charge in [-0.25, -0.2) is 4.79 Å². The van der Waals surface area contributed by atoms with Gasteiger partial charge in [0.2, 0.25) is 0 Å². The smallest absolute Gasteiger partial charge is 0.328 e. The molecule has 20 heavy (non-hydrogen) atoms. The number of hydrogen-bond acceptors (Lipinski definition) is 3. The molecule has 2 N–H and O–H groups in total. The Hall–Kier alpha value is -2.07. The number of aliphatic carboxylic acids is 1. The van der Waals surface area contributed by atoms with E-state index in [9.17, 15) is 9.90 Å². The number of carboxylic acid groups (broad SMARTS) is 1. The first-order valence-electron chi connectivity index (χ1n) is 6.72. The standard InChI is InChI=1S/C16H17NO3/c1-20-14-6-4-11-9-13(5-3-12(11)10-14)16(15(18)19)7-2-8-17-16/h3-6,9-10,17H,2,7-8H2,1H3,(H,18,19)/t16-/m0/s1. The zero-order chi connectivity index (χ0) is 14.2. The molecule has 4 heteroatoms. The van der Waals surface area contributed by atoms with Crippen molar-refractivity contribution in [3.63, 3.8) is 0 Å². The number of rotatable bonds is 3. The van der Waals surface area contributed by atoms with Gasteiger partial charge in [-0.1, -0.05) is 18.2 Å². The highest BCUT2D eigenvalue weighted by Gasteiger charge is 2.42. The molecule has 2 aromatic carbocycles. The second kappa shape index (κ2) is 4.80. The van der Waals surface area contributed by atoms with Gasteiger partial charge in [0, 0.05) is 0 Å². The summed E-state index contributed by atoms with van der Waals surface area (Å²) in [5, 5.41) is 14.8. The number of methoxy groups -OCH3 is 1. The highest BCUT2D eigenvalue weighted by atomic mass is 16.5. The Morgan fingerprint density at radius 2 is 2.00 bits per heavy atom. The van der Waals surface area contributed by atoms with Crippen molar-refractivity contribution in [2.24, 2.45) is 0 Å². The molecule has 0 saturated carbocycles. The van der Waals surface area contributed by atoms with Crippen molar-refractivity contribution in [2.75, 3.05) is 13.7 Å². The van der Waals surface area contributed by atoms with Crippen LogP contribution in [0.5, 0.6) is 5.75 Å². The van der Waals surface area contributed by atoms with Crippen molar-refractivity contribution < 1.29 is 14.6 Å². The lowest BCUT2D eigenvalue weighted by Crippen LogP contribution is -2.44. The number of ether oxygens (including phenoxy) is 1. The summed E-state index contributed by atoms with van der Waals surface area (Å²) in [5.74, 6) is 0.0000471. The fraction of sp³-hybridized carbons (Fsp3) is 0.312. The molecule has 3 rings (SSSR count). The van der Waals surface area contributed by atoms with Crippen molar-refractivity contribution in [1.29, 1.82) is 0 Å². The van der Waals surface area contributed by atoms with Crippen LogP contribution < -0.4 is 10.1 Å². The summed E-state index contributed by atoms with van der Waals surface area (Å²) in [6, 6.07) is 11.6. The van der Waals surface area contributed by atoms with E-state index in [0.29, 0.717) is 6.42 Å². The van der Waals surface area contributed by atoms with Crippen molar-refractivity contribution >= 4 is 16.7 Å². The zero-order valence-corrected chi connectivity index (χ0v) is 11.3. The maximum absolute atomic E-state index is 11.7. The number of benzene rings is 2. The third kappa shape index (κ3) is 1.93. The minimum absolute atomic E-state index is 0.629. The van der Waals surface area contributed by atoms with Gasteiger partial charge in [0.25, 0.3) is 0 Å². The largest absolute Gasteiger partial charge is 0.497 e. The summed E-state index contributed by atoms with van der Waals surface area (Å²) < 4.78 is 5.20. The molecule has 0 amide bonds. The van der Waals surface area contributed by atoms with Crippen LogP contribution in [0.25, 0.3) is 10.8 Å². The Bertz CT molecular complexity index is 660. The predicted octanol–water partition coefficient (Wildman–Crippen LogP) is 2.51. The first-order chi connectivity index (χ1) is 9.65. The lowest BCUT2D eigenvalue weighted by Gasteiger charge is -2.25. The molecule has 2 aromatic rings. The second-order valence-corrected chi connectivity index (χ2v) is 5.17. The summed E-state index contributed by atoms with van der Waals surface area (Å²) in [5.41, 5.74) is -0.117. The lowest BCUT2D eigenvalue weighted by molar-refractivity contribution is -0.144. The number of nitrogens with one attached hydrogen (secondary N) is 1. The van der Waals surface area contributed by atoms with Gasteiger partial charge in [-0.05, 0) is 53.9 Å². The van der Waals surface area contributed by atoms with Crippen molar-refractivity contribution in [1.82, 2.24) is 5.32 Å². The third-order valence-electron chi connectivity index (χ3n) is 4.06. The SMILES string of the molecule is COc1ccc2cc([C@]3(C(=O)O)CCCN3)ccc2c1. The van der Waals surface area contributed by atoms with Crippen LogP contribution in [0.2, 0.25) is 0 Å². The minimum Gasteiger partial charge on any atom is -0.497 e. The maximum Gasteiger partial charge on any atom is 0.328 e. The molecule has 1 heterocycles. The van der Waals surface area contributed by atoms with Crippen molar-refractivity contribution in [2.45, 2.75) is 18.4 Å². The summed E-state index contributed by atoms with van der Waals surface area (Å²) in [6.07, 6.45) is 1.51. The van der Waals surface area contributed by atoms with Crippen LogP contribution in [0.3, 0.4) is 0 Å². The molecular weight excluding hydrogens is 254 g/mol. The average molecular weight is 271 g/mol. The van der Waals surface area contributed by atoms with E-state index in [1.54, 1.807) is 7.11 Å². The van der Waals surface area contributed by atoms with Crippen LogP contribution >= 0.6 is 0 Å². The van der Waals surface area contributed by atoms with Crippen molar-refractivity contribution in [3.8, 4) is 5.75 Å². The van der Waals surface area contributed by atoms with Crippen LogP contribution in [0.4, 0.5) is 0 Å². The molecular formula is C16H17NO3. The zero-order valence-electron chi connectivity index (χ0n) is 11.3. The molecule has 4 nitrogen and oxygen atoms in total. The predicted molar refractivity (Wildman–Crippen MR) is 77.1 cm³/mol. The van der Waals surface area contributed by atoms with Gasteiger partial charge in [0.15, 0.2) is 0 Å². The fourth-order valence-electron chi connectivity index (χ4n) is 2.91. The van der Waals surface area contributed by atoms with Gasteiger partial charge in [0.05, 0.1) is 7.11 Å². The maximum atomic E-state index is 11.7. The van der Waals surface area contributed by atoms with E-state index in [-0.39, 0.29) is 0 Å². The molecule has 1 fully saturated rings. The quantitative estimate of drug-likeness (QED) is 0.900. The van der Waals surface area contributed by atoms with Gasteiger partial charge in [-0.3, -0.25) is 5.32 Å². The minimum atomic E-state index is -0.936. The third-order valence-corrected chi connectivity index (χ3v) is 4.06.